The highest BCUT2D eigenvalue weighted by Gasteiger charge is 2.19. The number of anilines is 1. The van der Waals surface area contributed by atoms with Crippen LogP contribution in [-0.4, -0.2) is 15.6 Å². The minimum atomic E-state index is 0.421. The van der Waals surface area contributed by atoms with E-state index < -0.39 is 0 Å². The fraction of sp³-hybridized carbons (Fsp3) is 0.533. The Morgan fingerprint density at radius 2 is 2.00 bits per heavy atom. The molecule has 1 aliphatic rings. The van der Waals surface area contributed by atoms with E-state index in [0.29, 0.717) is 6.04 Å². The predicted molar refractivity (Wildman–Crippen MR) is 76.1 cm³/mol. The Balaban J connectivity index is 2.14. The SMILES string of the molecule is CC(C)Nc1ccc2c3c(n(C)c2n1)CCCC3. The van der Waals surface area contributed by atoms with Crippen LogP contribution in [0.4, 0.5) is 5.82 Å². The third-order valence-electron chi connectivity index (χ3n) is 3.80. The van der Waals surface area contributed by atoms with Gasteiger partial charge in [0, 0.05) is 24.2 Å². The Bertz CT molecular complexity index is 581. The second kappa shape index (κ2) is 4.30. The Kier molecular flexibility index (Phi) is 2.77. The summed E-state index contributed by atoms with van der Waals surface area (Å²) in [5, 5.41) is 4.73. The van der Waals surface area contributed by atoms with Crippen molar-refractivity contribution in [3.63, 3.8) is 0 Å². The van der Waals surface area contributed by atoms with Gasteiger partial charge in [0.25, 0.3) is 0 Å². The molecule has 0 radical (unpaired) electrons. The summed E-state index contributed by atoms with van der Waals surface area (Å²) in [5.74, 6) is 0.982. The molecule has 0 amide bonds. The number of hydrogen-bond donors (Lipinski definition) is 1. The Morgan fingerprint density at radius 1 is 1.22 bits per heavy atom. The zero-order valence-electron chi connectivity index (χ0n) is 11.5. The molecule has 0 aliphatic heterocycles. The van der Waals surface area contributed by atoms with Crippen molar-refractivity contribution in [2.45, 2.75) is 45.6 Å². The maximum absolute atomic E-state index is 4.77. The molecule has 0 spiro atoms. The summed E-state index contributed by atoms with van der Waals surface area (Å²) in [6.07, 6.45) is 5.05. The number of fused-ring (bicyclic) bond motifs is 3. The topological polar surface area (TPSA) is 29.9 Å². The van der Waals surface area contributed by atoms with Gasteiger partial charge >= 0.3 is 0 Å². The van der Waals surface area contributed by atoms with E-state index in [-0.39, 0.29) is 0 Å². The van der Waals surface area contributed by atoms with Gasteiger partial charge in [-0.3, -0.25) is 0 Å². The van der Waals surface area contributed by atoms with Crippen LogP contribution < -0.4 is 5.32 Å². The summed E-state index contributed by atoms with van der Waals surface area (Å²) >= 11 is 0. The van der Waals surface area contributed by atoms with E-state index in [1.165, 1.54) is 42.3 Å². The molecule has 1 N–H and O–H groups in total. The summed E-state index contributed by atoms with van der Waals surface area (Å²) in [7, 11) is 2.15. The van der Waals surface area contributed by atoms with E-state index in [2.05, 4.69) is 42.9 Å². The first-order valence-corrected chi connectivity index (χ1v) is 6.90. The van der Waals surface area contributed by atoms with Gasteiger partial charge in [0.1, 0.15) is 11.5 Å². The van der Waals surface area contributed by atoms with Crippen LogP contribution in [0.25, 0.3) is 11.0 Å². The van der Waals surface area contributed by atoms with Crippen molar-refractivity contribution in [3.05, 3.63) is 23.4 Å². The second-order valence-corrected chi connectivity index (χ2v) is 5.56. The van der Waals surface area contributed by atoms with Gasteiger partial charge < -0.3 is 9.88 Å². The van der Waals surface area contributed by atoms with Crippen molar-refractivity contribution in [1.82, 2.24) is 9.55 Å². The standard InChI is InChI=1S/C15H21N3/c1-10(2)16-14-9-8-12-11-6-4-5-7-13(11)18(3)15(12)17-14/h8-10H,4-7H2,1-3H3,(H,16,17). The molecule has 3 rings (SSSR count). The van der Waals surface area contributed by atoms with Crippen molar-refractivity contribution < 1.29 is 0 Å². The molecule has 3 nitrogen and oxygen atoms in total. The molecule has 0 unspecified atom stereocenters. The van der Waals surface area contributed by atoms with Gasteiger partial charge in [-0.1, -0.05) is 0 Å². The quantitative estimate of drug-likeness (QED) is 0.877. The molecule has 96 valence electrons. The van der Waals surface area contributed by atoms with Crippen LogP contribution in [-0.2, 0) is 19.9 Å². The first kappa shape index (κ1) is 11.6. The van der Waals surface area contributed by atoms with Crippen LogP contribution in [0, 0.1) is 0 Å². The molecular formula is C15H21N3. The molecule has 0 aromatic carbocycles. The maximum Gasteiger partial charge on any atom is 0.142 e. The molecule has 2 heterocycles. The number of nitrogens with zero attached hydrogens (tertiary/aromatic N) is 2. The van der Waals surface area contributed by atoms with Crippen molar-refractivity contribution in [1.29, 1.82) is 0 Å². The average molecular weight is 243 g/mol. The van der Waals surface area contributed by atoms with Crippen LogP contribution in [0.3, 0.4) is 0 Å². The molecule has 1 aliphatic carbocycles. The van der Waals surface area contributed by atoms with Crippen molar-refractivity contribution in [2.24, 2.45) is 7.05 Å². The van der Waals surface area contributed by atoms with Gasteiger partial charge in [-0.2, -0.15) is 0 Å². The Hall–Kier alpha value is -1.51. The fourth-order valence-corrected chi connectivity index (χ4v) is 2.99. The molecule has 3 heteroatoms. The molecule has 0 bridgehead atoms. The lowest BCUT2D eigenvalue weighted by molar-refractivity contribution is 0.652. The first-order chi connectivity index (χ1) is 8.66. The minimum absolute atomic E-state index is 0.421. The molecule has 18 heavy (non-hydrogen) atoms. The third kappa shape index (κ3) is 1.78. The molecule has 0 saturated heterocycles. The van der Waals surface area contributed by atoms with Crippen LogP contribution in [0.2, 0.25) is 0 Å². The highest BCUT2D eigenvalue weighted by molar-refractivity contribution is 5.84. The molecule has 0 saturated carbocycles. The van der Waals surface area contributed by atoms with Gasteiger partial charge in [0.15, 0.2) is 0 Å². The van der Waals surface area contributed by atoms with E-state index in [0.717, 1.165) is 11.5 Å². The van der Waals surface area contributed by atoms with E-state index in [1.807, 2.05) is 0 Å². The van der Waals surface area contributed by atoms with Gasteiger partial charge in [-0.15, -0.1) is 0 Å². The number of hydrogen-bond acceptors (Lipinski definition) is 2. The van der Waals surface area contributed by atoms with Gasteiger partial charge in [0.2, 0.25) is 0 Å². The summed E-state index contributed by atoms with van der Waals surface area (Å²) in [4.78, 5) is 4.77. The van der Waals surface area contributed by atoms with Crippen LogP contribution in [0.5, 0.6) is 0 Å². The minimum Gasteiger partial charge on any atom is -0.368 e. The molecule has 2 aromatic heterocycles. The van der Waals surface area contributed by atoms with Crippen molar-refractivity contribution >= 4 is 16.9 Å². The van der Waals surface area contributed by atoms with Gasteiger partial charge in [0.05, 0.1) is 0 Å². The number of aryl methyl sites for hydroxylation is 2. The zero-order valence-corrected chi connectivity index (χ0v) is 11.5. The summed E-state index contributed by atoms with van der Waals surface area (Å²) < 4.78 is 2.29. The zero-order chi connectivity index (χ0) is 12.7. The first-order valence-electron chi connectivity index (χ1n) is 6.90. The molecule has 2 aromatic rings. The number of nitrogens with one attached hydrogen (secondary N) is 1. The highest BCUT2D eigenvalue weighted by atomic mass is 15.1. The smallest absolute Gasteiger partial charge is 0.142 e. The van der Waals surface area contributed by atoms with E-state index >= 15 is 0 Å². The summed E-state index contributed by atoms with van der Waals surface area (Å²) in [6, 6.07) is 4.76. The average Bonchev–Trinajstić information content (AvgIpc) is 2.63. The second-order valence-electron chi connectivity index (χ2n) is 5.56. The largest absolute Gasteiger partial charge is 0.368 e. The Labute approximate surface area is 108 Å². The molecular weight excluding hydrogens is 222 g/mol. The van der Waals surface area contributed by atoms with E-state index in [4.69, 9.17) is 4.98 Å². The van der Waals surface area contributed by atoms with Crippen LogP contribution in [0.1, 0.15) is 37.9 Å². The monoisotopic (exact) mass is 243 g/mol. The molecule has 0 atom stereocenters. The third-order valence-corrected chi connectivity index (χ3v) is 3.80. The lowest BCUT2D eigenvalue weighted by Gasteiger charge is -2.12. The number of aromatic nitrogens is 2. The van der Waals surface area contributed by atoms with E-state index in [9.17, 15) is 0 Å². The van der Waals surface area contributed by atoms with Crippen molar-refractivity contribution in [2.75, 3.05) is 5.32 Å². The summed E-state index contributed by atoms with van der Waals surface area (Å²) in [5.41, 5.74) is 4.15. The lowest BCUT2D eigenvalue weighted by atomic mass is 9.96. The van der Waals surface area contributed by atoms with Gasteiger partial charge in [-0.05, 0) is 57.2 Å². The lowest BCUT2D eigenvalue weighted by Crippen LogP contribution is -2.11. The van der Waals surface area contributed by atoms with Crippen LogP contribution >= 0.6 is 0 Å². The molecule has 0 fully saturated rings. The van der Waals surface area contributed by atoms with Gasteiger partial charge in [-0.25, -0.2) is 4.98 Å². The fourth-order valence-electron chi connectivity index (χ4n) is 2.99. The highest BCUT2D eigenvalue weighted by Crippen LogP contribution is 2.31. The summed E-state index contributed by atoms with van der Waals surface area (Å²) in [6.45, 7) is 4.28. The van der Waals surface area contributed by atoms with Crippen LogP contribution in [0.15, 0.2) is 12.1 Å². The van der Waals surface area contributed by atoms with Crippen molar-refractivity contribution in [3.8, 4) is 0 Å². The maximum atomic E-state index is 4.77. The number of pyridine rings is 1. The van der Waals surface area contributed by atoms with E-state index in [1.54, 1.807) is 0 Å². The predicted octanol–water partition coefficient (Wildman–Crippen LogP) is 3.27. The normalized spacial score (nSPS) is 15.1. The number of rotatable bonds is 2. The Morgan fingerprint density at radius 3 is 2.78 bits per heavy atom.